The zero-order chi connectivity index (χ0) is 20.6. The van der Waals surface area contributed by atoms with E-state index in [9.17, 15) is 0 Å². The van der Waals surface area contributed by atoms with E-state index in [1.807, 2.05) is 36.5 Å². The van der Waals surface area contributed by atoms with Crippen molar-refractivity contribution >= 4 is 16.9 Å². The second-order valence-corrected chi connectivity index (χ2v) is 7.96. The number of nitrogens with one attached hydrogen (secondary N) is 1. The summed E-state index contributed by atoms with van der Waals surface area (Å²) in [6, 6.07) is 18.5. The maximum atomic E-state index is 5.50. The van der Waals surface area contributed by atoms with Crippen LogP contribution in [0.15, 0.2) is 60.8 Å². The van der Waals surface area contributed by atoms with E-state index in [1.54, 1.807) is 0 Å². The number of pyridine rings is 1. The average Bonchev–Trinajstić information content (AvgIpc) is 3.46. The maximum absolute atomic E-state index is 5.50. The van der Waals surface area contributed by atoms with E-state index < -0.39 is 0 Å². The van der Waals surface area contributed by atoms with Gasteiger partial charge in [0.1, 0.15) is 11.6 Å². The van der Waals surface area contributed by atoms with E-state index in [0.717, 1.165) is 72.5 Å². The number of H-pyrrole nitrogens is 1. The normalized spacial score (nSPS) is 16.2. The molecule has 0 bridgehead atoms. The van der Waals surface area contributed by atoms with Crippen molar-refractivity contribution < 1.29 is 9.47 Å². The molecule has 0 atom stereocenters. The zero-order valence-corrected chi connectivity index (χ0v) is 17.1. The van der Waals surface area contributed by atoms with Gasteiger partial charge in [0.25, 0.3) is 0 Å². The Bertz CT molecular complexity index is 1180. The predicted molar refractivity (Wildman–Crippen MR) is 119 cm³/mol. The van der Waals surface area contributed by atoms with Gasteiger partial charge in [0.2, 0.25) is 6.79 Å². The fraction of sp³-hybridized carbons (Fsp3) is 0.250. The lowest BCUT2D eigenvalue weighted by Gasteiger charge is -2.35. The van der Waals surface area contributed by atoms with E-state index in [1.165, 1.54) is 5.56 Å². The number of nitrogens with zero attached hydrogens (tertiary/aromatic N) is 4. The third-order valence-electron chi connectivity index (χ3n) is 5.95. The topological polar surface area (TPSA) is 66.5 Å². The number of para-hydroxylation sites is 2. The first-order chi connectivity index (χ1) is 15.3. The van der Waals surface area contributed by atoms with Crippen LogP contribution in [0, 0.1) is 0 Å². The predicted octanol–water partition coefficient (Wildman–Crippen LogP) is 3.68. The maximum Gasteiger partial charge on any atom is 0.231 e. The smallest absolute Gasteiger partial charge is 0.231 e. The third-order valence-corrected chi connectivity index (χ3v) is 5.95. The van der Waals surface area contributed by atoms with Gasteiger partial charge in [-0.2, -0.15) is 0 Å². The van der Waals surface area contributed by atoms with Crippen LogP contribution in [-0.2, 0) is 6.54 Å². The Labute approximate surface area is 180 Å². The van der Waals surface area contributed by atoms with Crippen LogP contribution in [0.4, 0.5) is 5.82 Å². The minimum absolute atomic E-state index is 0.319. The van der Waals surface area contributed by atoms with Crippen LogP contribution in [-0.4, -0.2) is 52.8 Å². The van der Waals surface area contributed by atoms with Gasteiger partial charge in [0, 0.05) is 44.5 Å². The first-order valence-electron chi connectivity index (χ1n) is 10.6. The SMILES string of the molecule is c1ccc2[nH]c(-c3ccc(N4CCN(Cc5ccc6c(c5)OCO6)CC4)nc3)nc2c1. The van der Waals surface area contributed by atoms with Crippen LogP contribution in [0.2, 0.25) is 0 Å². The molecule has 0 radical (unpaired) electrons. The first kappa shape index (κ1) is 18.2. The molecule has 156 valence electrons. The van der Waals surface area contributed by atoms with Crippen molar-refractivity contribution in [1.82, 2.24) is 19.9 Å². The van der Waals surface area contributed by atoms with Gasteiger partial charge >= 0.3 is 0 Å². The van der Waals surface area contributed by atoms with Crippen molar-refractivity contribution in [2.45, 2.75) is 6.54 Å². The van der Waals surface area contributed by atoms with E-state index >= 15 is 0 Å². The molecule has 0 saturated carbocycles. The number of fused-ring (bicyclic) bond motifs is 2. The summed E-state index contributed by atoms with van der Waals surface area (Å²) in [7, 11) is 0. The molecule has 2 aromatic carbocycles. The molecule has 4 heterocycles. The standard InChI is InChI=1S/C24H23N5O2/c1-2-4-20-19(3-1)26-24(27-20)18-6-8-23(25-14-18)29-11-9-28(10-12-29)15-17-5-7-21-22(13-17)31-16-30-21/h1-8,13-14H,9-12,15-16H2,(H,26,27). The number of ether oxygens (including phenoxy) is 2. The van der Waals surface area contributed by atoms with Crippen molar-refractivity contribution in [2.75, 3.05) is 37.9 Å². The molecule has 7 nitrogen and oxygen atoms in total. The minimum Gasteiger partial charge on any atom is -0.454 e. The summed E-state index contributed by atoms with van der Waals surface area (Å²) >= 11 is 0. The van der Waals surface area contributed by atoms with Crippen LogP contribution in [0.1, 0.15) is 5.56 Å². The average molecular weight is 413 g/mol. The number of anilines is 1. The second-order valence-electron chi connectivity index (χ2n) is 7.96. The van der Waals surface area contributed by atoms with Crippen LogP contribution in [0.5, 0.6) is 11.5 Å². The summed E-state index contributed by atoms with van der Waals surface area (Å²) < 4.78 is 10.9. The quantitative estimate of drug-likeness (QED) is 0.551. The van der Waals surface area contributed by atoms with Crippen molar-refractivity contribution in [3.8, 4) is 22.9 Å². The minimum atomic E-state index is 0.319. The third kappa shape index (κ3) is 3.57. The number of rotatable bonds is 4. The molecule has 2 aromatic heterocycles. The number of imidazole rings is 1. The number of aromatic nitrogens is 3. The molecular formula is C24H23N5O2. The summed E-state index contributed by atoms with van der Waals surface area (Å²) in [4.78, 5) is 17.6. The molecule has 2 aliphatic rings. The molecule has 6 rings (SSSR count). The molecule has 1 fully saturated rings. The zero-order valence-electron chi connectivity index (χ0n) is 17.1. The number of hydrogen-bond acceptors (Lipinski definition) is 6. The molecule has 1 saturated heterocycles. The fourth-order valence-corrected chi connectivity index (χ4v) is 4.24. The van der Waals surface area contributed by atoms with E-state index in [2.05, 4.69) is 44.0 Å². The lowest BCUT2D eigenvalue weighted by Crippen LogP contribution is -2.46. The highest BCUT2D eigenvalue weighted by molar-refractivity contribution is 5.79. The summed E-state index contributed by atoms with van der Waals surface area (Å²) in [5.74, 6) is 3.56. The van der Waals surface area contributed by atoms with Gasteiger partial charge < -0.3 is 19.4 Å². The Balaban J connectivity index is 1.09. The van der Waals surface area contributed by atoms with Gasteiger partial charge in [-0.3, -0.25) is 4.90 Å². The van der Waals surface area contributed by atoms with Crippen molar-refractivity contribution in [2.24, 2.45) is 0 Å². The van der Waals surface area contributed by atoms with Crippen LogP contribution in [0.3, 0.4) is 0 Å². The van der Waals surface area contributed by atoms with Crippen LogP contribution in [0.25, 0.3) is 22.4 Å². The highest BCUT2D eigenvalue weighted by Crippen LogP contribution is 2.33. The summed E-state index contributed by atoms with van der Waals surface area (Å²) in [5, 5.41) is 0. The Hall–Kier alpha value is -3.58. The second kappa shape index (κ2) is 7.59. The molecule has 0 aliphatic carbocycles. The molecule has 4 aromatic rings. The van der Waals surface area contributed by atoms with Gasteiger partial charge in [0.15, 0.2) is 11.5 Å². The Morgan fingerprint density at radius 1 is 0.903 bits per heavy atom. The summed E-state index contributed by atoms with van der Waals surface area (Å²) in [5.41, 5.74) is 4.27. The highest BCUT2D eigenvalue weighted by atomic mass is 16.7. The largest absolute Gasteiger partial charge is 0.454 e. The Morgan fingerprint density at radius 2 is 1.77 bits per heavy atom. The fourth-order valence-electron chi connectivity index (χ4n) is 4.24. The molecule has 7 heteroatoms. The van der Waals surface area contributed by atoms with Gasteiger partial charge in [0.05, 0.1) is 11.0 Å². The first-order valence-corrected chi connectivity index (χ1v) is 10.6. The summed E-state index contributed by atoms with van der Waals surface area (Å²) in [6.45, 7) is 5.16. The monoisotopic (exact) mass is 413 g/mol. The van der Waals surface area contributed by atoms with Crippen LogP contribution < -0.4 is 14.4 Å². The molecular weight excluding hydrogens is 390 g/mol. The Morgan fingerprint density at radius 3 is 2.61 bits per heavy atom. The number of hydrogen-bond donors (Lipinski definition) is 1. The highest BCUT2D eigenvalue weighted by Gasteiger charge is 2.20. The van der Waals surface area contributed by atoms with E-state index in [0.29, 0.717) is 6.79 Å². The molecule has 2 aliphatic heterocycles. The molecule has 0 unspecified atom stereocenters. The molecule has 0 amide bonds. The number of piperazine rings is 1. The van der Waals surface area contributed by atoms with Crippen molar-refractivity contribution in [3.63, 3.8) is 0 Å². The molecule has 0 spiro atoms. The molecule has 1 N–H and O–H groups in total. The van der Waals surface area contributed by atoms with E-state index in [4.69, 9.17) is 14.5 Å². The van der Waals surface area contributed by atoms with Gasteiger partial charge in [-0.05, 0) is 42.0 Å². The lowest BCUT2D eigenvalue weighted by molar-refractivity contribution is 0.174. The van der Waals surface area contributed by atoms with Gasteiger partial charge in [-0.15, -0.1) is 0 Å². The van der Waals surface area contributed by atoms with Crippen molar-refractivity contribution in [1.29, 1.82) is 0 Å². The molecule has 31 heavy (non-hydrogen) atoms. The van der Waals surface area contributed by atoms with Gasteiger partial charge in [-0.25, -0.2) is 9.97 Å². The lowest BCUT2D eigenvalue weighted by atomic mass is 10.1. The number of benzene rings is 2. The van der Waals surface area contributed by atoms with Crippen molar-refractivity contribution in [3.05, 3.63) is 66.4 Å². The van der Waals surface area contributed by atoms with Gasteiger partial charge in [-0.1, -0.05) is 18.2 Å². The van der Waals surface area contributed by atoms with Crippen LogP contribution >= 0.6 is 0 Å². The summed E-state index contributed by atoms with van der Waals surface area (Å²) in [6.07, 6.45) is 1.91. The van der Waals surface area contributed by atoms with E-state index in [-0.39, 0.29) is 0 Å². The Kier molecular flexibility index (Phi) is 4.46. The number of aromatic amines is 1.